The Morgan fingerprint density at radius 3 is 2.44 bits per heavy atom. The van der Waals surface area contributed by atoms with E-state index in [2.05, 4.69) is 5.32 Å². The van der Waals surface area contributed by atoms with Gasteiger partial charge in [-0.3, -0.25) is 4.79 Å². The van der Waals surface area contributed by atoms with E-state index in [0.29, 0.717) is 30.8 Å². The van der Waals surface area contributed by atoms with Crippen molar-refractivity contribution >= 4 is 33.4 Å². The van der Waals surface area contributed by atoms with Crippen LogP contribution in [0.4, 0.5) is 5.69 Å². The first-order valence-corrected chi connectivity index (χ1v) is 13.5. The molecule has 1 heterocycles. The van der Waals surface area contributed by atoms with E-state index in [1.54, 1.807) is 37.1 Å². The Balaban J connectivity index is 1.45. The number of aryl methyl sites for hydroxylation is 1. The summed E-state index contributed by atoms with van der Waals surface area (Å²) in [6, 6.07) is 22.6. The van der Waals surface area contributed by atoms with Crippen LogP contribution < -0.4 is 10.1 Å². The van der Waals surface area contributed by atoms with Crippen LogP contribution in [-0.2, 0) is 21.2 Å². The van der Waals surface area contributed by atoms with E-state index < -0.39 is 10.0 Å². The largest absolute Gasteiger partial charge is 0.496 e. The van der Waals surface area contributed by atoms with Crippen LogP contribution in [-0.4, -0.2) is 38.8 Å². The standard InChI is InChI=1S/C26H28N2O4S2/c1-32-24-15-14-22(34(30,31)28-17-7-8-18-28)19-20(24)13-16-26(29)27-23-11-5-6-12-25(23)33-21-9-3-2-4-10-21/h2-6,9-12,14-15,19H,7-8,13,16-18H2,1H3,(H,27,29). The molecule has 3 aromatic rings. The summed E-state index contributed by atoms with van der Waals surface area (Å²) in [5.74, 6) is 0.434. The van der Waals surface area contributed by atoms with Gasteiger partial charge in [0.05, 0.1) is 17.7 Å². The van der Waals surface area contributed by atoms with Crippen molar-refractivity contribution in [2.24, 2.45) is 0 Å². The third-order valence-electron chi connectivity index (χ3n) is 5.71. The number of benzene rings is 3. The minimum Gasteiger partial charge on any atom is -0.496 e. The third-order valence-corrected chi connectivity index (χ3v) is 8.69. The van der Waals surface area contributed by atoms with E-state index in [9.17, 15) is 13.2 Å². The summed E-state index contributed by atoms with van der Waals surface area (Å²) in [5.41, 5.74) is 1.45. The number of nitrogens with one attached hydrogen (secondary N) is 1. The molecule has 178 valence electrons. The van der Waals surface area contributed by atoms with Crippen molar-refractivity contribution in [3.8, 4) is 5.75 Å². The van der Waals surface area contributed by atoms with Gasteiger partial charge in [0.15, 0.2) is 0 Å². The Morgan fingerprint density at radius 1 is 1.00 bits per heavy atom. The average molecular weight is 497 g/mol. The second kappa shape index (κ2) is 11.1. The fourth-order valence-electron chi connectivity index (χ4n) is 3.92. The highest BCUT2D eigenvalue weighted by Crippen LogP contribution is 2.33. The van der Waals surface area contributed by atoms with Gasteiger partial charge in [-0.1, -0.05) is 42.1 Å². The molecule has 0 saturated carbocycles. The van der Waals surface area contributed by atoms with Gasteiger partial charge in [-0.25, -0.2) is 8.42 Å². The number of carbonyl (C=O) groups is 1. The molecule has 0 unspecified atom stereocenters. The maximum absolute atomic E-state index is 13.0. The molecule has 0 atom stereocenters. The Bertz CT molecular complexity index is 1240. The molecule has 1 amide bonds. The van der Waals surface area contributed by atoms with Gasteiger partial charge in [0.1, 0.15) is 5.75 Å². The highest BCUT2D eigenvalue weighted by molar-refractivity contribution is 7.99. The van der Waals surface area contributed by atoms with E-state index in [4.69, 9.17) is 4.74 Å². The van der Waals surface area contributed by atoms with Gasteiger partial charge >= 0.3 is 0 Å². The summed E-state index contributed by atoms with van der Waals surface area (Å²) in [6.07, 6.45) is 2.33. The van der Waals surface area contributed by atoms with Crippen molar-refractivity contribution in [1.82, 2.24) is 4.31 Å². The number of ether oxygens (including phenoxy) is 1. The number of nitrogens with zero attached hydrogens (tertiary/aromatic N) is 1. The Labute approximate surface area is 205 Å². The summed E-state index contributed by atoms with van der Waals surface area (Å²) >= 11 is 1.59. The highest BCUT2D eigenvalue weighted by Gasteiger charge is 2.27. The molecular formula is C26H28N2O4S2. The Kier molecular flexibility index (Phi) is 7.92. The second-order valence-corrected chi connectivity index (χ2v) is 11.1. The van der Waals surface area contributed by atoms with Crippen molar-refractivity contribution in [3.05, 3.63) is 78.4 Å². The van der Waals surface area contributed by atoms with Gasteiger partial charge in [0.2, 0.25) is 15.9 Å². The van der Waals surface area contributed by atoms with Crippen molar-refractivity contribution in [3.63, 3.8) is 0 Å². The summed E-state index contributed by atoms with van der Waals surface area (Å²) in [4.78, 5) is 15.1. The van der Waals surface area contributed by atoms with Crippen LogP contribution in [0.15, 0.2) is 87.5 Å². The molecule has 0 aromatic heterocycles. The van der Waals surface area contributed by atoms with E-state index >= 15 is 0 Å². The monoisotopic (exact) mass is 496 g/mol. The van der Waals surface area contributed by atoms with E-state index in [-0.39, 0.29) is 17.2 Å². The maximum atomic E-state index is 13.0. The molecule has 6 nitrogen and oxygen atoms in total. The zero-order valence-electron chi connectivity index (χ0n) is 19.1. The molecule has 0 spiro atoms. The van der Waals surface area contributed by atoms with Crippen LogP contribution in [0.25, 0.3) is 0 Å². The van der Waals surface area contributed by atoms with Gasteiger partial charge in [-0.2, -0.15) is 4.31 Å². The van der Waals surface area contributed by atoms with Gasteiger partial charge in [0, 0.05) is 29.3 Å². The number of hydrogen-bond donors (Lipinski definition) is 1. The zero-order chi connectivity index (χ0) is 24.0. The van der Waals surface area contributed by atoms with Crippen LogP contribution >= 0.6 is 11.8 Å². The second-order valence-electron chi connectivity index (χ2n) is 8.04. The first-order chi connectivity index (χ1) is 16.5. The fraction of sp³-hybridized carbons (Fsp3) is 0.269. The van der Waals surface area contributed by atoms with Crippen LogP contribution in [0.1, 0.15) is 24.8 Å². The lowest BCUT2D eigenvalue weighted by atomic mass is 10.1. The maximum Gasteiger partial charge on any atom is 0.243 e. The molecule has 34 heavy (non-hydrogen) atoms. The molecule has 0 aliphatic carbocycles. The Morgan fingerprint density at radius 2 is 1.71 bits per heavy atom. The molecule has 1 N–H and O–H groups in total. The van der Waals surface area contributed by atoms with Crippen molar-refractivity contribution < 1.29 is 17.9 Å². The SMILES string of the molecule is COc1ccc(S(=O)(=O)N2CCCC2)cc1CCC(=O)Nc1ccccc1Sc1ccccc1. The third kappa shape index (κ3) is 5.81. The minimum atomic E-state index is -3.53. The van der Waals surface area contributed by atoms with Crippen molar-refractivity contribution in [2.45, 2.75) is 40.4 Å². The number of para-hydroxylation sites is 1. The molecule has 4 rings (SSSR count). The topological polar surface area (TPSA) is 75.7 Å². The van der Waals surface area contributed by atoms with Crippen LogP contribution in [0, 0.1) is 0 Å². The van der Waals surface area contributed by atoms with Crippen molar-refractivity contribution in [2.75, 3.05) is 25.5 Å². The molecule has 1 fully saturated rings. The minimum absolute atomic E-state index is 0.143. The molecule has 1 aliphatic heterocycles. The first kappa shape index (κ1) is 24.3. The lowest BCUT2D eigenvalue weighted by Crippen LogP contribution is -2.28. The molecule has 1 saturated heterocycles. The highest BCUT2D eigenvalue weighted by atomic mass is 32.2. The number of amides is 1. The number of sulfonamides is 1. The average Bonchev–Trinajstić information content (AvgIpc) is 3.40. The molecular weight excluding hydrogens is 468 g/mol. The first-order valence-electron chi connectivity index (χ1n) is 11.3. The van der Waals surface area contributed by atoms with Gasteiger partial charge in [-0.05, 0) is 67.3 Å². The number of rotatable bonds is 9. The van der Waals surface area contributed by atoms with Gasteiger partial charge < -0.3 is 10.1 Å². The lowest BCUT2D eigenvalue weighted by molar-refractivity contribution is -0.116. The van der Waals surface area contributed by atoms with Crippen LogP contribution in [0.2, 0.25) is 0 Å². The summed E-state index contributed by atoms with van der Waals surface area (Å²) in [6.45, 7) is 1.10. The van der Waals surface area contributed by atoms with E-state index in [1.165, 1.54) is 4.31 Å². The quantitative estimate of drug-likeness (QED) is 0.441. The zero-order valence-corrected chi connectivity index (χ0v) is 20.7. The number of methoxy groups -OCH3 is 1. The van der Waals surface area contributed by atoms with Gasteiger partial charge in [-0.15, -0.1) is 0 Å². The molecule has 8 heteroatoms. The molecule has 0 radical (unpaired) electrons. The fourth-order valence-corrected chi connectivity index (χ4v) is 6.41. The predicted molar refractivity (Wildman–Crippen MR) is 135 cm³/mol. The normalized spacial score (nSPS) is 14.1. The molecule has 0 bridgehead atoms. The summed E-state index contributed by atoms with van der Waals surface area (Å²) in [5, 5.41) is 3.00. The number of carbonyl (C=O) groups excluding carboxylic acids is 1. The summed E-state index contributed by atoms with van der Waals surface area (Å²) in [7, 11) is -1.99. The predicted octanol–water partition coefficient (Wildman–Crippen LogP) is 5.20. The van der Waals surface area contributed by atoms with E-state index in [1.807, 2.05) is 54.6 Å². The van der Waals surface area contributed by atoms with E-state index in [0.717, 1.165) is 28.3 Å². The van der Waals surface area contributed by atoms with Crippen molar-refractivity contribution in [1.29, 1.82) is 0 Å². The number of hydrogen-bond acceptors (Lipinski definition) is 5. The smallest absolute Gasteiger partial charge is 0.243 e. The van der Waals surface area contributed by atoms with Gasteiger partial charge in [0.25, 0.3) is 0 Å². The lowest BCUT2D eigenvalue weighted by Gasteiger charge is -2.17. The Hall–Kier alpha value is -2.81. The van der Waals surface area contributed by atoms with Crippen LogP contribution in [0.3, 0.4) is 0 Å². The molecule has 3 aromatic carbocycles. The number of anilines is 1. The summed E-state index contributed by atoms with van der Waals surface area (Å²) < 4.78 is 32.9. The molecule has 1 aliphatic rings. The van der Waals surface area contributed by atoms with Crippen LogP contribution in [0.5, 0.6) is 5.75 Å².